The number of rotatable bonds is 6. The van der Waals surface area contributed by atoms with Gasteiger partial charge in [-0.25, -0.2) is 13.2 Å². The van der Waals surface area contributed by atoms with Crippen LogP contribution in [0.3, 0.4) is 0 Å². The van der Waals surface area contributed by atoms with Crippen LogP contribution in [-0.4, -0.2) is 44.4 Å². The number of alkyl halides is 3. The van der Waals surface area contributed by atoms with E-state index >= 15 is 0 Å². The lowest BCUT2D eigenvalue weighted by Crippen LogP contribution is -2.48. The summed E-state index contributed by atoms with van der Waals surface area (Å²) in [5.74, 6) is -0.898. The van der Waals surface area contributed by atoms with E-state index in [0.29, 0.717) is 32.3 Å². The van der Waals surface area contributed by atoms with E-state index in [9.17, 15) is 13.2 Å². The highest BCUT2D eigenvalue weighted by Gasteiger charge is 2.47. The minimum atomic E-state index is -1.62. The van der Waals surface area contributed by atoms with E-state index in [0.717, 1.165) is 19.3 Å². The highest BCUT2D eigenvalue weighted by molar-refractivity contribution is 4.95. The van der Waals surface area contributed by atoms with E-state index < -0.39 is 30.5 Å². The third kappa shape index (κ3) is 4.16. The summed E-state index contributed by atoms with van der Waals surface area (Å²) in [5.41, 5.74) is 0. The summed E-state index contributed by atoms with van der Waals surface area (Å²) in [7, 11) is 1.58. The summed E-state index contributed by atoms with van der Waals surface area (Å²) >= 11 is 0. The Bertz CT molecular complexity index is 329. The second-order valence-corrected chi connectivity index (χ2v) is 6.74. The summed E-state index contributed by atoms with van der Waals surface area (Å²) in [5, 5.41) is 0. The highest BCUT2D eigenvalue weighted by atomic mass is 19.2. The van der Waals surface area contributed by atoms with Crippen molar-refractivity contribution in [2.45, 2.75) is 82.6 Å². The number of halogens is 3. The monoisotopic (exact) mass is 322 g/mol. The Balaban J connectivity index is 1.89. The van der Waals surface area contributed by atoms with Gasteiger partial charge in [-0.2, -0.15) is 0 Å². The fourth-order valence-electron chi connectivity index (χ4n) is 3.92. The average Bonchev–Trinajstić information content (AvgIpc) is 2.52. The first-order chi connectivity index (χ1) is 10.6. The van der Waals surface area contributed by atoms with Gasteiger partial charge in [0.1, 0.15) is 12.3 Å². The third-order valence-corrected chi connectivity index (χ3v) is 5.34. The average molecular weight is 322 g/mol. The van der Waals surface area contributed by atoms with Crippen LogP contribution in [0, 0.1) is 11.8 Å². The van der Waals surface area contributed by atoms with Gasteiger partial charge in [-0.1, -0.05) is 13.3 Å². The van der Waals surface area contributed by atoms with Gasteiger partial charge in [0.05, 0.1) is 12.2 Å². The van der Waals surface area contributed by atoms with Crippen molar-refractivity contribution in [1.82, 2.24) is 0 Å². The van der Waals surface area contributed by atoms with Gasteiger partial charge >= 0.3 is 0 Å². The Morgan fingerprint density at radius 2 is 1.68 bits per heavy atom. The van der Waals surface area contributed by atoms with Crippen LogP contribution in [0.4, 0.5) is 13.2 Å². The minimum absolute atomic E-state index is 0.0841. The molecule has 0 heterocycles. The number of methoxy groups -OCH3 is 1. The van der Waals surface area contributed by atoms with Crippen molar-refractivity contribution >= 4 is 0 Å². The Morgan fingerprint density at radius 3 is 2.32 bits per heavy atom. The first-order valence-electron chi connectivity index (χ1n) is 8.65. The molecule has 2 saturated carbocycles. The minimum Gasteiger partial charge on any atom is -0.381 e. The van der Waals surface area contributed by atoms with E-state index in [4.69, 9.17) is 9.47 Å². The van der Waals surface area contributed by atoms with E-state index in [1.54, 1.807) is 7.11 Å². The molecular formula is C17H29F3O2. The van der Waals surface area contributed by atoms with Crippen LogP contribution in [0.1, 0.15) is 51.9 Å². The van der Waals surface area contributed by atoms with Gasteiger partial charge in [0.2, 0.25) is 0 Å². The molecule has 7 atom stereocenters. The maximum Gasteiger partial charge on any atom is 0.157 e. The lowest BCUT2D eigenvalue weighted by atomic mass is 9.70. The van der Waals surface area contributed by atoms with Crippen molar-refractivity contribution in [2.75, 3.05) is 13.7 Å². The van der Waals surface area contributed by atoms with Crippen molar-refractivity contribution in [3.8, 4) is 0 Å². The van der Waals surface area contributed by atoms with E-state index in [-0.39, 0.29) is 12.0 Å². The van der Waals surface area contributed by atoms with Crippen molar-refractivity contribution in [1.29, 1.82) is 0 Å². The fourth-order valence-corrected chi connectivity index (χ4v) is 3.92. The van der Waals surface area contributed by atoms with Gasteiger partial charge in [-0.3, -0.25) is 0 Å². The van der Waals surface area contributed by atoms with Crippen LogP contribution in [0.25, 0.3) is 0 Å². The molecular weight excluding hydrogens is 293 g/mol. The van der Waals surface area contributed by atoms with Crippen LogP contribution >= 0.6 is 0 Å². The molecule has 0 aliphatic heterocycles. The Labute approximate surface area is 131 Å². The quantitative estimate of drug-likeness (QED) is 0.674. The maximum atomic E-state index is 14.5. The molecule has 0 spiro atoms. The molecule has 0 bridgehead atoms. The molecule has 2 fully saturated rings. The molecule has 2 nitrogen and oxygen atoms in total. The largest absolute Gasteiger partial charge is 0.381 e. The fraction of sp³-hybridized carbons (Fsp3) is 1.00. The second kappa shape index (κ2) is 8.53. The summed E-state index contributed by atoms with van der Waals surface area (Å²) in [4.78, 5) is 0. The molecule has 7 unspecified atom stereocenters. The summed E-state index contributed by atoms with van der Waals surface area (Å²) in [6.07, 6.45) is -0.611. The van der Waals surface area contributed by atoms with Crippen molar-refractivity contribution in [3.63, 3.8) is 0 Å². The van der Waals surface area contributed by atoms with Crippen molar-refractivity contribution in [3.05, 3.63) is 0 Å². The first-order valence-corrected chi connectivity index (χ1v) is 8.65. The predicted octanol–water partition coefficient (Wildman–Crippen LogP) is 4.41. The van der Waals surface area contributed by atoms with E-state index in [2.05, 4.69) is 0 Å². The summed E-state index contributed by atoms with van der Waals surface area (Å²) < 4.78 is 53.8. The molecule has 0 N–H and O–H groups in total. The van der Waals surface area contributed by atoms with Crippen LogP contribution in [0.5, 0.6) is 0 Å². The van der Waals surface area contributed by atoms with Gasteiger partial charge in [-0.05, 0) is 43.9 Å². The molecule has 2 aliphatic rings. The van der Waals surface area contributed by atoms with Gasteiger partial charge in [0.15, 0.2) is 6.17 Å². The predicted molar refractivity (Wildman–Crippen MR) is 80.2 cm³/mol. The van der Waals surface area contributed by atoms with Crippen LogP contribution in [-0.2, 0) is 9.47 Å². The van der Waals surface area contributed by atoms with Gasteiger partial charge in [0.25, 0.3) is 0 Å². The summed E-state index contributed by atoms with van der Waals surface area (Å²) in [6.45, 7) is 2.51. The molecule has 0 aromatic rings. The van der Waals surface area contributed by atoms with Crippen molar-refractivity contribution in [2.24, 2.45) is 11.8 Å². The number of hydrogen-bond acceptors (Lipinski definition) is 2. The molecule has 2 aliphatic carbocycles. The zero-order valence-corrected chi connectivity index (χ0v) is 13.6. The third-order valence-electron chi connectivity index (χ3n) is 5.34. The van der Waals surface area contributed by atoms with Gasteiger partial charge in [-0.15, -0.1) is 0 Å². The van der Waals surface area contributed by atoms with Gasteiger partial charge < -0.3 is 9.47 Å². The smallest absolute Gasteiger partial charge is 0.157 e. The van der Waals surface area contributed by atoms with Gasteiger partial charge in [0, 0.05) is 20.1 Å². The standard InChI is InChI=1S/C17H29F3O2/c1-3-4-9-22-15-8-7-13(16(19)17(15)20)12-6-5-11(21-2)10-14(12)18/h11-17H,3-10H2,1-2H3. The number of hydrogen-bond donors (Lipinski definition) is 0. The molecule has 2 rings (SSSR count). The zero-order chi connectivity index (χ0) is 16.1. The molecule has 5 heteroatoms. The molecule has 0 radical (unpaired) electrons. The summed E-state index contributed by atoms with van der Waals surface area (Å²) in [6, 6.07) is 0. The van der Waals surface area contributed by atoms with Crippen LogP contribution < -0.4 is 0 Å². The lowest BCUT2D eigenvalue weighted by molar-refractivity contribution is -0.100. The second-order valence-electron chi connectivity index (χ2n) is 6.74. The molecule has 130 valence electrons. The topological polar surface area (TPSA) is 18.5 Å². The van der Waals surface area contributed by atoms with Crippen LogP contribution in [0.2, 0.25) is 0 Å². The van der Waals surface area contributed by atoms with E-state index in [1.807, 2.05) is 6.92 Å². The SMILES string of the molecule is CCCCOC1CCC(C2CCC(OC)CC2F)C(F)C1F. The maximum absolute atomic E-state index is 14.5. The first kappa shape index (κ1) is 18.1. The van der Waals surface area contributed by atoms with Crippen LogP contribution in [0.15, 0.2) is 0 Å². The molecule has 0 aromatic carbocycles. The number of unbranched alkanes of at least 4 members (excludes halogenated alkanes) is 1. The van der Waals surface area contributed by atoms with E-state index in [1.165, 1.54) is 0 Å². The normalized spacial score (nSPS) is 43.2. The lowest BCUT2D eigenvalue weighted by Gasteiger charge is -2.42. The highest BCUT2D eigenvalue weighted by Crippen LogP contribution is 2.43. The Morgan fingerprint density at radius 1 is 0.955 bits per heavy atom. The Kier molecular flexibility index (Phi) is 7.00. The zero-order valence-electron chi connectivity index (χ0n) is 13.6. The molecule has 22 heavy (non-hydrogen) atoms. The molecule has 0 saturated heterocycles. The number of ether oxygens (including phenoxy) is 2. The Hall–Kier alpha value is -0.290. The molecule has 0 amide bonds. The molecule has 0 aromatic heterocycles. The van der Waals surface area contributed by atoms with Crippen molar-refractivity contribution < 1.29 is 22.6 Å².